The average molecular weight is 1040 g/mol. The second-order valence-corrected chi connectivity index (χ2v) is 18.3. The number of imide groups is 2. The molecule has 8 rings (SSSR count). The number of oxime groups is 1. The molecule has 0 unspecified atom stereocenters. The molecule has 2 aliphatic heterocycles. The van der Waals surface area contributed by atoms with E-state index in [9.17, 15) is 41.9 Å². The Morgan fingerprint density at radius 1 is 0.614 bits per heavy atom. The van der Waals surface area contributed by atoms with E-state index in [1.807, 2.05) is 12.1 Å². The third-order valence-electron chi connectivity index (χ3n) is 9.97. The maximum Gasteiger partial charge on any atom is 0.490 e. The van der Waals surface area contributed by atoms with E-state index in [4.69, 9.17) is 55.2 Å². The highest BCUT2D eigenvalue weighted by Crippen LogP contribution is 2.33. The lowest BCUT2D eigenvalue weighted by Gasteiger charge is -2.14. The standard InChI is InChI=1S/C22H17ClN4O4S.C22H17ClN4O3S.C2HF3O2/c23-17-9-8-16(32-17)20(28)25-15-3-1-2-14-19(15)22(30)27(21(14)29)11-13-6-4-12(5-7-13)10-18(24)26-31;23-17-9-8-16(31-17)20(28)26-15-3-1-2-14-19(15)22(30)27(21(14)29)11-13-6-4-12(5-7-13)10-18(24)25;3-2(4,5)1(6)7/h1-9,31H,10-11H2,(H2,24,26)(H,25,28);1-9H,10-11H2,(H3,24,25)(H,26,28);(H,6,7). The Hall–Kier alpha value is -7.92. The van der Waals surface area contributed by atoms with Crippen molar-refractivity contribution in [1.29, 1.82) is 5.41 Å². The number of carbonyl (C=O) groups excluding carboxylic acids is 6. The number of carbonyl (C=O) groups is 7. The van der Waals surface area contributed by atoms with Gasteiger partial charge in [0.2, 0.25) is 0 Å². The van der Waals surface area contributed by atoms with Gasteiger partial charge in [-0.05, 0) is 70.8 Å². The van der Waals surface area contributed by atoms with Crippen molar-refractivity contribution in [2.75, 3.05) is 10.6 Å². The van der Waals surface area contributed by atoms with E-state index >= 15 is 0 Å². The highest BCUT2D eigenvalue weighted by atomic mass is 35.5. The first-order valence-electron chi connectivity index (χ1n) is 20.0. The minimum absolute atomic E-state index is 0.0625. The van der Waals surface area contributed by atoms with Crippen LogP contribution in [0.3, 0.4) is 0 Å². The number of anilines is 2. The van der Waals surface area contributed by atoms with Crippen LogP contribution in [0, 0.1) is 5.41 Å². The molecular weight excluding hydrogens is 1000 g/mol. The van der Waals surface area contributed by atoms with E-state index in [1.54, 1.807) is 97.1 Å². The summed E-state index contributed by atoms with van der Waals surface area (Å²) in [6.07, 6.45) is -4.46. The molecule has 0 bridgehead atoms. The zero-order valence-corrected chi connectivity index (χ0v) is 38.8. The molecular formula is C46H35Cl2F3N8O9S2. The van der Waals surface area contributed by atoms with Gasteiger partial charge in [-0.15, -0.1) is 22.7 Å². The number of fused-ring (bicyclic) bond motifs is 2. The van der Waals surface area contributed by atoms with Crippen LogP contribution in [0.25, 0.3) is 0 Å². The van der Waals surface area contributed by atoms with Gasteiger partial charge in [0, 0.05) is 12.8 Å². The van der Waals surface area contributed by atoms with E-state index in [0.717, 1.165) is 54.7 Å². The molecule has 6 amide bonds. The number of nitrogens with zero attached hydrogens (tertiary/aromatic N) is 3. The Balaban J connectivity index is 0.000000202. The average Bonchev–Trinajstić information content (AvgIpc) is 4.08. The summed E-state index contributed by atoms with van der Waals surface area (Å²) in [6, 6.07) is 30.3. The number of hydrogen-bond donors (Lipinski definition) is 7. The number of hydrogen-bond acceptors (Lipinski definition) is 12. The zero-order chi connectivity index (χ0) is 51.0. The van der Waals surface area contributed by atoms with Gasteiger partial charge in [0.25, 0.3) is 35.4 Å². The molecule has 0 radical (unpaired) electrons. The normalized spacial score (nSPS) is 12.9. The Bertz CT molecular complexity index is 3090. The number of carboxylic acids is 1. The first-order valence-corrected chi connectivity index (χ1v) is 22.4. The summed E-state index contributed by atoms with van der Waals surface area (Å²) in [5.74, 6) is -5.21. The first kappa shape index (κ1) is 51.5. The van der Waals surface area contributed by atoms with Crippen LogP contribution in [-0.2, 0) is 30.7 Å². The van der Waals surface area contributed by atoms with Gasteiger partial charge < -0.3 is 32.4 Å². The van der Waals surface area contributed by atoms with Gasteiger partial charge in [-0.25, -0.2) is 4.79 Å². The third kappa shape index (κ3) is 12.4. The van der Waals surface area contributed by atoms with Gasteiger partial charge in [-0.1, -0.05) is 89.0 Å². The lowest BCUT2D eigenvalue weighted by atomic mass is 10.1. The molecule has 2 aliphatic rings. The predicted molar refractivity (Wildman–Crippen MR) is 255 cm³/mol. The van der Waals surface area contributed by atoms with Crippen LogP contribution in [0.15, 0.2) is 114 Å². The lowest BCUT2D eigenvalue weighted by Crippen LogP contribution is -2.29. The summed E-state index contributed by atoms with van der Waals surface area (Å²) in [5, 5.41) is 31.5. The molecule has 0 saturated heterocycles. The number of amides is 6. The molecule has 0 saturated carbocycles. The molecule has 0 aliphatic carbocycles. The van der Waals surface area contributed by atoms with Gasteiger partial charge in [-0.3, -0.25) is 44.0 Å². The number of alkyl halides is 3. The van der Waals surface area contributed by atoms with Crippen molar-refractivity contribution in [2.45, 2.75) is 32.1 Å². The second kappa shape index (κ2) is 22.0. The molecule has 9 N–H and O–H groups in total. The molecule has 0 atom stereocenters. The van der Waals surface area contributed by atoms with Crippen molar-refractivity contribution in [3.05, 3.63) is 172 Å². The van der Waals surface area contributed by atoms with Crippen molar-refractivity contribution in [1.82, 2.24) is 9.80 Å². The van der Waals surface area contributed by atoms with E-state index < -0.39 is 47.6 Å². The maximum absolute atomic E-state index is 13.1. The number of nitrogens with one attached hydrogen (secondary N) is 3. The number of thiophene rings is 2. The Kier molecular flexibility index (Phi) is 16.2. The number of aliphatic carboxylic acids is 1. The van der Waals surface area contributed by atoms with E-state index in [2.05, 4.69) is 15.8 Å². The smallest absolute Gasteiger partial charge is 0.475 e. The largest absolute Gasteiger partial charge is 0.490 e. The van der Waals surface area contributed by atoms with Crippen molar-refractivity contribution in [3.8, 4) is 0 Å². The number of rotatable bonds is 12. The van der Waals surface area contributed by atoms with Gasteiger partial charge in [0.15, 0.2) is 0 Å². The van der Waals surface area contributed by atoms with Crippen LogP contribution in [0.5, 0.6) is 0 Å². The molecule has 4 heterocycles. The summed E-state index contributed by atoms with van der Waals surface area (Å²) in [4.78, 5) is 88.9. The van der Waals surface area contributed by atoms with Gasteiger partial charge in [-0.2, -0.15) is 13.2 Å². The topological polar surface area (TPSA) is 279 Å². The minimum atomic E-state index is -5.08. The minimum Gasteiger partial charge on any atom is -0.475 e. The summed E-state index contributed by atoms with van der Waals surface area (Å²) in [7, 11) is 0. The highest BCUT2D eigenvalue weighted by molar-refractivity contribution is 7.18. The Morgan fingerprint density at radius 3 is 1.31 bits per heavy atom. The summed E-state index contributed by atoms with van der Waals surface area (Å²) in [6.45, 7) is 0.171. The number of amidine groups is 2. The Morgan fingerprint density at radius 2 is 0.986 bits per heavy atom. The number of nitrogens with two attached hydrogens (primary N) is 2. The zero-order valence-electron chi connectivity index (χ0n) is 35.7. The van der Waals surface area contributed by atoms with E-state index in [-0.39, 0.29) is 64.8 Å². The van der Waals surface area contributed by atoms with Crippen LogP contribution in [0.1, 0.15) is 83.0 Å². The van der Waals surface area contributed by atoms with Crippen molar-refractivity contribution in [2.24, 2.45) is 16.6 Å². The number of halogens is 5. The number of carboxylic acid groups (broad SMARTS) is 1. The van der Waals surface area contributed by atoms with Gasteiger partial charge in [0.1, 0.15) is 5.84 Å². The van der Waals surface area contributed by atoms with Crippen LogP contribution in [0.4, 0.5) is 24.5 Å². The van der Waals surface area contributed by atoms with Crippen LogP contribution < -0.4 is 22.1 Å². The van der Waals surface area contributed by atoms with Crippen LogP contribution in [-0.4, -0.2) is 79.4 Å². The summed E-state index contributed by atoms with van der Waals surface area (Å²) >= 11 is 14.0. The molecule has 360 valence electrons. The highest BCUT2D eigenvalue weighted by Gasteiger charge is 2.40. The molecule has 24 heteroatoms. The van der Waals surface area contributed by atoms with E-state index in [0.29, 0.717) is 24.8 Å². The first-order chi connectivity index (χ1) is 33.1. The van der Waals surface area contributed by atoms with Crippen molar-refractivity contribution < 1.29 is 57.0 Å². The summed E-state index contributed by atoms with van der Waals surface area (Å²) < 4.78 is 32.7. The predicted octanol–water partition coefficient (Wildman–Crippen LogP) is 8.30. The van der Waals surface area contributed by atoms with Crippen molar-refractivity contribution >= 4 is 110 Å². The fourth-order valence-corrected chi connectivity index (χ4v) is 8.63. The monoisotopic (exact) mass is 1030 g/mol. The molecule has 70 heavy (non-hydrogen) atoms. The lowest BCUT2D eigenvalue weighted by molar-refractivity contribution is -0.192. The molecule has 17 nitrogen and oxygen atoms in total. The van der Waals surface area contributed by atoms with Gasteiger partial charge >= 0.3 is 12.1 Å². The van der Waals surface area contributed by atoms with Crippen LogP contribution >= 0.6 is 45.9 Å². The summed E-state index contributed by atoms with van der Waals surface area (Å²) in [5.41, 5.74) is 15.5. The maximum atomic E-state index is 13.1. The van der Waals surface area contributed by atoms with Crippen LogP contribution in [0.2, 0.25) is 8.67 Å². The molecule has 4 aromatic carbocycles. The quantitative estimate of drug-likeness (QED) is 0.0201. The number of benzene rings is 4. The van der Waals surface area contributed by atoms with Crippen molar-refractivity contribution in [3.63, 3.8) is 0 Å². The molecule has 0 spiro atoms. The fourth-order valence-electron chi connectivity index (χ4n) is 6.76. The molecule has 0 fully saturated rings. The SMILES string of the molecule is N/C(Cc1ccc(CN2C(=O)c3cccc(NC(=O)c4ccc(Cl)s4)c3C2=O)cc1)=N\O.N=C(N)Cc1ccc(CN2C(=O)c3cccc(NC(=O)c4ccc(Cl)s4)c3C2=O)cc1.O=C(O)C(F)(F)F. The Labute approximate surface area is 412 Å². The molecule has 2 aromatic heterocycles. The fraction of sp³-hybridized carbons (Fsp3) is 0.109. The second-order valence-electron chi connectivity index (χ2n) is 14.9. The molecule has 6 aromatic rings. The van der Waals surface area contributed by atoms with Gasteiger partial charge in [0.05, 0.1) is 71.0 Å². The van der Waals surface area contributed by atoms with E-state index in [1.165, 1.54) is 0 Å². The third-order valence-corrected chi connectivity index (χ3v) is 12.4.